The predicted octanol–water partition coefficient (Wildman–Crippen LogP) is 2.50. The number of fused-ring (bicyclic) bond motifs is 1. The van der Waals surface area contributed by atoms with Crippen molar-refractivity contribution in [3.63, 3.8) is 0 Å². The van der Waals surface area contributed by atoms with Gasteiger partial charge in [0, 0.05) is 10.9 Å². The molecule has 0 aliphatic heterocycles. The van der Waals surface area contributed by atoms with Gasteiger partial charge in [0.15, 0.2) is 0 Å². The van der Waals surface area contributed by atoms with Crippen molar-refractivity contribution in [3.8, 4) is 0 Å². The molecule has 0 amide bonds. The Morgan fingerprint density at radius 3 is 2.53 bits per heavy atom. The van der Waals surface area contributed by atoms with E-state index in [1.807, 2.05) is 6.07 Å². The van der Waals surface area contributed by atoms with E-state index in [1.165, 1.54) is 12.3 Å². The number of carbonyl (C=O) groups excluding carboxylic acids is 1. The summed E-state index contributed by atoms with van der Waals surface area (Å²) in [5, 5.41) is 2.43. The number of ether oxygens (including phenoxy) is 1. The van der Waals surface area contributed by atoms with Crippen LogP contribution in [0.1, 0.15) is 10.5 Å². The molecule has 4 heteroatoms. The molecule has 3 nitrogen and oxygen atoms in total. The summed E-state index contributed by atoms with van der Waals surface area (Å²) in [6, 6.07) is 8.19. The number of hydrogen-bond donors (Lipinski definition) is 1. The van der Waals surface area contributed by atoms with Crippen LogP contribution in [0.2, 0.25) is 19.6 Å². The maximum Gasteiger partial charge on any atom is 0.354 e. The lowest BCUT2D eigenvalue weighted by Crippen LogP contribution is -2.37. The fourth-order valence-electron chi connectivity index (χ4n) is 1.81. The minimum atomic E-state index is -1.31. The summed E-state index contributed by atoms with van der Waals surface area (Å²) in [4.78, 5) is 14.5. The minimum Gasteiger partial charge on any atom is -0.464 e. The zero-order chi connectivity index (χ0) is 12.6. The summed E-state index contributed by atoms with van der Waals surface area (Å²) >= 11 is 0. The summed E-state index contributed by atoms with van der Waals surface area (Å²) in [6.45, 7) is 6.91. The van der Waals surface area contributed by atoms with E-state index in [-0.39, 0.29) is 5.97 Å². The van der Waals surface area contributed by atoms with Crippen LogP contribution in [0.5, 0.6) is 0 Å². The third kappa shape index (κ3) is 2.26. The van der Waals surface area contributed by atoms with Crippen LogP contribution < -0.4 is 5.19 Å². The third-order valence-corrected chi connectivity index (χ3v) is 4.94. The lowest BCUT2D eigenvalue weighted by molar-refractivity contribution is 0.0595. The number of benzene rings is 1. The molecule has 0 bridgehead atoms. The molecule has 0 aliphatic carbocycles. The van der Waals surface area contributed by atoms with E-state index < -0.39 is 8.07 Å². The van der Waals surface area contributed by atoms with Crippen molar-refractivity contribution in [1.29, 1.82) is 0 Å². The van der Waals surface area contributed by atoms with Gasteiger partial charge in [0.2, 0.25) is 0 Å². The number of aromatic amines is 1. The Hall–Kier alpha value is -1.55. The molecule has 0 aliphatic rings. The van der Waals surface area contributed by atoms with Crippen molar-refractivity contribution in [1.82, 2.24) is 4.98 Å². The molecule has 1 aromatic carbocycles. The summed E-state index contributed by atoms with van der Waals surface area (Å²) in [6.07, 6.45) is 0. The molecule has 0 saturated carbocycles. The molecule has 0 saturated heterocycles. The van der Waals surface area contributed by atoms with Gasteiger partial charge in [-0.05, 0) is 12.1 Å². The molecule has 1 N–H and O–H groups in total. The van der Waals surface area contributed by atoms with Gasteiger partial charge < -0.3 is 9.72 Å². The normalized spacial score (nSPS) is 11.8. The molecule has 17 heavy (non-hydrogen) atoms. The highest BCUT2D eigenvalue weighted by Crippen LogP contribution is 2.16. The third-order valence-electron chi connectivity index (χ3n) is 2.89. The molecule has 0 atom stereocenters. The maximum atomic E-state index is 11.4. The van der Waals surface area contributed by atoms with Gasteiger partial charge in [0.05, 0.1) is 15.2 Å². The Labute approximate surface area is 102 Å². The highest BCUT2D eigenvalue weighted by atomic mass is 28.3. The smallest absolute Gasteiger partial charge is 0.354 e. The number of aromatic nitrogens is 1. The lowest BCUT2D eigenvalue weighted by atomic mass is 10.2. The van der Waals surface area contributed by atoms with E-state index in [2.05, 4.69) is 42.8 Å². The van der Waals surface area contributed by atoms with Gasteiger partial charge in [-0.3, -0.25) is 0 Å². The standard InChI is InChI=1S/C13H17NO2Si/c1-16-13(15)12-7-9-5-6-10(17(2,3)4)8-11(9)14-12/h5-8,14H,1-4H3. The second-order valence-electron chi connectivity index (χ2n) is 5.23. The SMILES string of the molecule is COC(=O)c1cc2ccc([Si](C)(C)C)cc2[nH]1. The van der Waals surface area contributed by atoms with Crippen LogP contribution in [0.3, 0.4) is 0 Å². The molecule has 90 valence electrons. The maximum absolute atomic E-state index is 11.4. The zero-order valence-electron chi connectivity index (χ0n) is 10.6. The minimum absolute atomic E-state index is 0.323. The predicted molar refractivity (Wildman–Crippen MR) is 72.6 cm³/mol. The summed E-state index contributed by atoms with van der Waals surface area (Å²) in [7, 11) is 0.0772. The van der Waals surface area contributed by atoms with Crippen molar-refractivity contribution in [2.24, 2.45) is 0 Å². The van der Waals surface area contributed by atoms with E-state index in [0.29, 0.717) is 5.69 Å². The zero-order valence-corrected chi connectivity index (χ0v) is 11.6. The number of esters is 1. The van der Waals surface area contributed by atoms with Crippen LogP contribution in [0.25, 0.3) is 10.9 Å². The first-order valence-corrected chi connectivity index (χ1v) is 9.13. The van der Waals surface area contributed by atoms with Gasteiger partial charge in [0.25, 0.3) is 0 Å². The topological polar surface area (TPSA) is 42.1 Å². The molecule has 0 fully saturated rings. The molecule has 1 aromatic heterocycles. The van der Waals surface area contributed by atoms with Crippen molar-refractivity contribution >= 4 is 30.1 Å². The van der Waals surface area contributed by atoms with Gasteiger partial charge in [-0.2, -0.15) is 0 Å². The van der Waals surface area contributed by atoms with Crippen LogP contribution in [-0.4, -0.2) is 26.1 Å². The first kappa shape index (κ1) is 11.9. The number of H-pyrrole nitrogens is 1. The number of rotatable bonds is 2. The summed E-state index contributed by atoms with van der Waals surface area (Å²) < 4.78 is 4.70. The molecule has 0 spiro atoms. The van der Waals surface area contributed by atoms with Gasteiger partial charge in [-0.25, -0.2) is 4.79 Å². The Morgan fingerprint density at radius 2 is 1.94 bits per heavy atom. The van der Waals surface area contributed by atoms with Crippen LogP contribution >= 0.6 is 0 Å². The second kappa shape index (κ2) is 4.03. The average Bonchev–Trinajstić information content (AvgIpc) is 2.69. The number of carbonyl (C=O) groups is 1. The van der Waals surface area contributed by atoms with E-state index in [1.54, 1.807) is 0 Å². The van der Waals surface area contributed by atoms with Crippen molar-refractivity contribution < 1.29 is 9.53 Å². The number of methoxy groups -OCH3 is 1. The van der Waals surface area contributed by atoms with Crippen LogP contribution in [0.4, 0.5) is 0 Å². The van der Waals surface area contributed by atoms with Gasteiger partial charge in [0.1, 0.15) is 5.69 Å². The molecule has 2 aromatic rings. The van der Waals surface area contributed by atoms with Crippen molar-refractivity contribution in [3.05, 3.63) is 30.0 Å². The number of hydrogen-bond acceptors (Lipinski definition) is 2. The van der Waals surface area contributed by atoms with Crippen LogP contribution in [0, 0.1) is 0 Å². The molecule has 0 unspecified atom stereocenters. The highest BCUT2D eigenvalue weighted by molar-refractivity contribution is 6.88. The molecule has 1 heterocycles. The second-order valence-corrected chi connectivity index (χ2v) is 10.3. The largest absolute Gasteiger partial charge is 0.464 e. The quantitative estimate of drug-likeness (QED) is 0.654. The molecular weight excluding hydrogens is 230 g/mol. The van der Waals surface area contributed by atoms with E-state index in [4.69, 9.17) is 4.74 Å². The van der Waals surface area contributed by atoms with Crippen molar-refractivity contribution in [2.45, 2.75) is 19.6 Å². The fourth-order valence-corrected chi connectivity index (χ4v) is 2.97. The Morgan fingerprint density at radius 1 is 1.24 bits per heavy atom. The van der Waals surface area contributed by atoms with Gasteiger partial charge in [-0.15, -0.1) is 0 Å². The molecule has 2 rings (SSSR count). The fraction of sp³-hybridized carbons (Fsp3) is 0.308. The molecular formula is C13H17NO2Si. The van der Waals surface area contributed by atoms with Gasteiger partial charge in [-0.1, -0.05) is 37.0 Å². The van der Waals surface area contributed by atoms with Crippen LogP contribution in [0.15, 0.2) is 24.3 Å². The lowest BCUT2D eigenvalue weighted by Gasteiger charge is -2.16. The number of nitrogens with one attached hydrogen (secondary N) is 1. The first-order chi connectivity index (χ1) is 7.91. The van der Waals surface area contributed by atoms with Crippen LogP contribution in [-0.2, 0) is 4.74 Å². The molecule has 0 radical (unpaired) electrons. The average molecular weight is 247 g/mol. The Bertz CT molecular complexity index is 566. The van der Waals surface area contributed by atoms with Crippen molar-refractivity contribution in [2.75, 3.05) is 7.11 Å². The van der Waals surface area contributed by atoms with E-state index in [0.717, 1.165) is 10.9 Å². The summed E-state index contributed by atoms with van der Waals surface area (Å²) in [5.74, 6) is -0.323. The monoisotopic (exact) mass is 247 g/mol. The summed E-state index contributed by atoms with van der Waals surface area (Å²) in [5.41, 5.74) is 1.51. The Balaban J connectivity index is 2.52. The highest BCUT2D eigenvalue weighted by Gasteiger charge is 2.17. The first-order valence-electron chi connectivity index (χ1n) is 5.63. The Kier molecular flexibility index (Phi) is 2.83. The van der Waals surface area contributed by atoms with E-state index >= 15 is 0 Å². The van der Waals surface area contributed by atoms with E-state index in [9.17, 15) is 4.79 Å². The van der Waals surface area contributed by atoms with Gasteiger partial charge >= 0.3 is 5.97 Å².